The summed E-state index contributed by atoms with van der Waals surface area (Å²) in [5, 5.41) is 6.91. The van der Waals surface area contributed by atoms with Gasteiger partial charge in [0.2, 0.25) is 0 Å². The van der Waals surface area contributed by atoms with E-state index in [-0.39, 0.29) is 11.6 Å². The van der Waals surface area contributed by atoms with E-state index in [1.807, 2.05) is 0 Å². The zero-order valence-electron chi connectivity index (χ0n) is 27.4. The Morgan fingerprint density at radius 1 is 0.936 bits per heavy atom. The van der Waals surface area contributed by atoms with Crippen LogP contribution in [-0.4, -0.2) is 69.6 Å². The van der Waals surface area contributed by atoms with Crippen LogP contribution in [0.25, 0.3) is 5.52 Å². The number of hydrogen-bond donors (Lipinski definition) is 2. The predicted octanol–water partition coefficient (Wildman–Crippen LogP) is 4.02. The topological polar surface area (TPSA) is 192 Å². The predicted molar refractivity (Wildman–Crippen MR) is 169 cm³/mol. The molecule has 1 fully saturated rings. The standard InChI is InChI=1S/C31H42N5O10P/c1-17(2)29(37)44-26-24(15-41-47(40,46-21-11-9-8-10-12-21)35-20(7)31(39)42-19(5)6)43-25(27(26)45-30(38)18(3)4)22-13-14-23-28(32)33-16-34-36(22)23/h8-14,16-20,24-27H,15H2,1-7H3,(H,35,40)(H2,32,33,34)/t20-,24+,25-,26+,27-,47-/m0/s1. The van der Waals surface area contributed by atoms with Crippen molar-refractivity contribution in [3.63, 3.8) is 0 Å². The Balaban J connectivity index is 1.70. The van der Waals surface area contributed by atoms with Crippen molar-refractivity contribution < 1.29 is 46.9 Å². The highest BCUT2D eigenvalue weighted by Gasteiger charge is 2.52. The number of nitrogens with one attached hydrogen (secondary N) is 1. The first-order chi connectivity index (χ1) is 22.2. The van der Waals surface area contributed by atoms with Gasteiger partial charge in [-0.15, -0.1) is 0 Å². The van der Waals surface area contributed by atoms with Crippen molar-refractivity contribution in [1.82, 2.24) is 19.7 Å². The van der Waals surface area contributed by atoms with Crippen LogP contribution < -0.4 is 15.3 Å². The summed E-state index contributed by atoms with van der Waals surface area (Å²) >= 11 is 0. The number of nitrogen functional groups attached to an aromatic ring is 1. The van der Waals surface area contributed by atoms with Crippen LogP contribution in [0.2, 0.25) is 0 Å². The maximum absolute atomic E-state index is 14.2. The third-order valence-electron chi connectivity index (χ3n) is 6.99. The number of aromatic nitrogens is 3. The summed E-state index contributed by atoms with van der Waals surface area (Å²) in [6.45, 7) is 11.0. The molecule has 0 spiro atoms. The van der Waals surface area contributed by atoms with Gasteiger partial charge in [-0.2, -0.15) is 10.2 Å². The second kappa shape index (κ2) is 15.2. The van der Waals surface area contributed by atoms with Crippen molar-refractivity contribution in [3.05, 3.63) is 54.5 Å². The van der Waals surface area contributed by atoms with Crippen molar-refractivity contribution in [2.24, 2.45) is 11.8 Å². The van der Waals surface area contributed by atoms with E-state index in [4.69, 9.17) is 33.7 Å². The van der Waals surface area contributed by atoms with Gasteiger partial charge in [0.25, 0.3) is 0 Å². The molecule has 3 heterocycles. The Labute approximate surface area is 273 Å². The van der Waals surface area contributed by atoms with Gasteiger partial charge >= 0.3 is 25.7 Å². The molecule has 6 atom stereocenters. The number of benzene rings is 1. The molecule has 0 amide bonds. The number of carbonyl (C=O) groups is 3. The maximum atomic E-state index is 14.2. The zero-order chi connectivity index (χ0) is 34.5. The average Bonchev–Trinajstić information content (AvgIpc) is 3.58. The molecule has 0 radical (unpaired) electrons. The number of nitrogens with two attached hydrogens (primary N) is 1. The smallest absolute Gasteiger partial charge is 0.459 e. The summed E-state index contributed by atoms with van der Waals surface area (Å²) in [4.78, 5) is 42.6. The van der Waals surface area contributed by atoms with Crippen LogP contribution >= 0.6 is 7.75 Å². The van der Waals surface area contributed by atoms with Crippen molar-refractivity contribution in [3.8, 4) is 5.75 Å². The van der Waals surface area contributed by atoms with Crippen LogP contribution in [0.4, 0.5) is 5.82 Å². The van der Waals surface area contributed by atoms with E-state index in [1.54, 1.807) is 84.0 Å². The summed E-state index contributed by atoms with van der Waals surface area (Å²) in [6, 6.07) is 10.5. The van der Waals surface area contributed by atoms with Gasteiger partial charge in [-0.3, -0.25) is 18.9 Å². The molecule has 1 aliphatic heterocycles. The molecule has 16 heteroatoms. The Kier molecular flexibility index (Phi) is 11.6. The summed E-state index contributed by atoms with van der Waals surface area (Å²) in [6.07, 6.45) is -3.70. The fourth-order valence-electron chi connectivity index (χ4n) is 4.61. The second-order valence-electron chi connectivity index (χ2n) is 11.9. The van der Waals surface area contributed by atoms with Gasteiger partial charge in [-0.1, -0.05) is 45.9 Å². The number of carbonyl (C=O) groups excluding carboxylic acids is 3. The van der Waals surface area contributed by atoms with E-state index in [1.165, 1.54) is 17.8 Å². The first-order valence-electron chi connectivity index (χ1n) is 15.3. The molecule has 0 saturated carbocycles. The number of fused-ring (bicyclic) bond motifs is 1. The third kappa shape index (κ3) is 8.86. The highest BCUT2D eigenvalue weighted by atomic mass is 31.2. The fraction of sp³-hybridized carbons (Fsp3) is 0.516. The monoisotopic (exact) mass is 675 g/mol. The minimum atomic E-state index is -4.34. The van der Waals surface area contributed by atoms with E-state index >= 15 is 0 Å². The van der Waals surface area contributed by atoms with E-state index in [0.29, 0.717) is 11.2 Å². The highest BCUT2D eigenvalue weighted by molar-refractivity contribution is 7.52. The van der Waals surface area contributed by atoms with Crippen molar-refractivity contribution in [1.29, 1.82) is 0 Å². The van der Waals surface area contributed by atoms with Crippen molar-refractivity contribution >= 4 is 37.0 Å². The minimum absolute atomic E-state index is 0.196. The van der Waals surface area contributed by atoms with Crippen molar-refractivity contribution in [2.45, 2.75) is 85.0 Å². The summed E-state index contributed by atoms with van der Waals surface area (Å²) < 4.78 is 50.8. The molecule has 1 saturated heterocycles. The molecule has 4 rings (SSSR count). The molecular weight excluding hydrogens is 633 g/mol. The Morgan fingerprint density at radius 3 is 2.19 bits per heavy atom. The molecule has 1 aliphatic rings. The first-order valence-corrected chi connectivity index (χ1v) is 16.9. The van der Waals surface area contributed by atoms with Gasteiger partial charge < -0.3 is 29.2 Å². The zero-order valence-corrected chi connectivity index (χ0v) is 28.3. The molecule has 0 bridgehead atoms. The molecular formula is C31H42N5O10P. The average molecular weight is 676 g/mol. The number of rotatable bonds is 14. The normalized spacial score (nSPS) is 21.5. The van der Waals surface area contributed by atoms with Crippen LogP contribution in [0.1, 0.15) is 60.3 Å². The highest BCUT2D eigenvalue weighted by Crippen LogP contribution is 2.47. The number of anilines is 1. The molecule has 3 aromatic rings. The quantitative estimate of drug-likeness (QED) is 0.141. The maximum Gasteiger partial charge on any atom is 0.459 e. The van der Waals surface area contributed by atoms with Crippen LogP contribution in [0.3, 0.4) is 0 Å². The summed E-state index contributed by atoms with van der Waals surface area (Å²) in [7, 11) is -4.34. The lowest BCUT2D eigenvalue weighted by Crippen LogP contribution is -2.42. The van der Waals surface area contributed by atoms with Crippen LogP contribution in [0.5, 0.6) is 5.75 Å². The third-order valence-corrected chi connectivity index (χ3v) is 8.64. The molecule has 47 heavy (non-hydrogen) atoms. The Morgan fingerprint density at radius 2 is 1.57 bits per heavy atom. The Hall–Kier alpha value is -4.04. The number of hydrogen-bond acceptors (Lipinski definition) is 13. The van der Waals surface area contributed by atoms with Gasteiger partial charge in [0.05, 0.1) is 30.2 Å². The summed E-state index contributed by atoms with van der Waals surface area (Å²) in [5.41, 5.74) is 6.95. The Bertz CT molecular complexity index is 1600. The van der Waals surface area contributed by atoms with Gasteiger partial charge in [0.15, 0.2) is 18.0 Å². The summed E-state index contributed by atoms with van der Waals surface area (Å²) in [5.74, 6) is -2.50. The van der Waals surface area contributed by atoms with E-state index in [9.17, 15) is 18.9 Å². The molecule has 3 N–H and O–H groups in total. The number of esters is 3. The van der Waals surface area contributed by atoms with Gasteiger partial charge in [0, 0.05) is 0 Å². The van der Waals surface area contributed by atoms with E-state index in [2.05, 4.69) is 15.2 Å². The number of nitrogens with zero attached hydrogens (tertiary/aromatic N) is 3. The van der Waals surface area contributed by atoms with Crippen LogP contribution in [0, 0.1) is 11.8 Å². The molecule has 15 nitrogen and oxygen atoms in total. The number of para-hydroxylation sites is 1. The van der Waals surface area contributed by atoms with E-state index < -0.39 is 80.7 Å². The number of ether oxygens (including phenoxy) is 4. The first kappa shape index (κ1) is 35.8. The molecule has 0 unspecified atom stereocenters. The van der Waals surface area contributed by atoms with Crippen LogP contribution in [0.15, 0.2) is 48.8 Å². The van der Waals surface area contributed by atoms with Gasteiger partial charge in [-0.25, -0.2) is 14.1 Å². The molecule has 256 valence electrons. The van der Waals surface area contributed by atoms with E-state index in [0.717, 1.165) is 0 Å². The lowest BCUT2D eigenvalue weighted by atomic mass is 10.0. The molecule has 1 aromatic carbocycles. The SMILES string of the molecule is CC(C)OC(=O)[C@H](C)N[P@](=O)(OC[C@H]1O[C@@H](c2ccc3c(N)ncnn23)[C@H](OC(=O)C(C)C)[C@@H]1OC(=O)C(C)C)Oc1ccccc1. The van der Waals surface area contributed by atoms with Crippen molar-refractivity contribution in [2.75, 3.05) is 12.3 Å². The van der Waals surface area contributed by atoms with Gasteiger partial charge in [0.1, 0.15) is 35.8 Å². The van der Waals surface area contributed by atoms with Crippen LogP contribution in [-0.2, 0) is 42.4 Å². The minimum Gasteiger partial charge on any atom is -0.462 e. The lowest BCUT2D eigenvalue weighted by molar-refractivity contribution is -0.171. The largest absolute Gasteiger partial charge is 0.462 e. The molecule has 0 aliphatic carbocycles. The fourth-order valence-corrected chi connectivity index (χ4v) is 6.11. The second-order valence-corrected chi connectivity index (χ2v) is 13.6. The van der Waals surface area contributed by atoms with Gasteiger partial charge in [-0.05, 0) is 45.0 Å². The molecule has 2 aromatic heterocycles. The lowest BCUT2D eigenvalue weighted by Gasteiger charge is -2.27.